The molecule has 0 saturated heterocycles. The monoisotopic (exact) mass is 325 g/mol. The number of benzene rings is 1. The summed E-state index contributed by atoms with van der Waals surface area (Å²) < 4.78 is 1.14. The Morgan fingerprint density at radius 1 is 1.17 bits per heavy atom. The molecule has 0 saturated carbocycles. The highest BCUT2D eigenvalue weighted by atomic mass is 79.9. The second-order valence-corrected chi connectivity index (χ2v) is 6.32. The van der Waals surface area contributed by atoms with E-state index < -0.39 is 0 Å². The zero-order valence-corrected chi connectivity index (χ0v) is 12.9. The molecule has 1 aromatic heterocycles. The molecule has 0 atom stereocenters. The normalized spacial score (nSPS) is 10.8. The molecule has 2 nitrogen and oxygen atoms in total. The molecule has 18 heavy (non-hydrogen) atoms. The lowest BCUT2D eigenvalue weighted by Gasteiger charge is -2.08. The molecular weight excluding hydrogens is 310 g/mol. The zero-order chi connectivity index (χ0) is 13.1. The van der Waals surface area contributed by atoms with Gasteiger partial charge in [-0.3, -0.25) is 0 Å². The molecule has 1 aromatic carbocycles. The third-order valence-corrected chi connectivity index (χ3v) is 4.50. The van der Waals surface area contributed by atoms with Gasteiger partial charge in [0, 0.05) is 27.8 Å². The molecule has 2 N–H and O–H groups in total. The molecule has 0 aliphatic carbocycles. The fourth-order valence-corrected chi connectivity index (χ4v) is 3.34. The number of rotatable bonds is 4. The third-order valence-electron chi connectivity index (χ3n) is 2.80. The lowest BCUT2D eigenvalue weighted by Crippen LogP contribution is -2.12. The predicted molar refractivity (Wildman–Crippen MR) is 80.1 cm³/mol. The highest BCUT2D eigenvalue weighted by molar-refractivity contribution is 9.10. The van der Waals surface area contributed by atoms with Crippen LogP contribution >= 0.6 is 27.3 Å². The molecule has 0 fully saturated rings. The molecule has 2 rings (SSSR count). The van der Waals surface area contributed by atoms with Crippen molar-refractivity contribution in [2.24, 2.45) is 0 Å². The van der Waals surface area contributed by atoms with Crippen molar-refractivity contribution < 1.29 is 5.11 Å². The van der Waals surface area contributed by atoms with Gasteiger partial charge >= 0.3 is 0 Å². The number of halogens is 1. The van der Waals surface area contributed by atoms with Crippen LogP contribution < -0.4 is 5.32 Å². The smallest absolute Gasteiger partial charge is 0.121 e. The second-order valence-electron chi connectivity index (χ2n) is 4.41. The molecule has 2 aromatic rings. The molecule has 0 radical (unpaired) electrons. The predicted octanol–water partition coefficient (Wildman–Crippen LogP) is 4.12. The molecule has 0 amide bonds. The van der Waals surface area contributed by atoms with Crippen LogP contribution in [0.25, 0.3) is 0 Å². The summed E-state index contributed by atoms with van der Waals surface area (Å²) in [6.45, 7) is 5.55. The first-order valence-corrected chi connectivity index (χ1v) is 7.46. The average Bonchev–Trinajstić information content (AvgIpc) is 2.72. The number of hydrogen-bond acceptors (Lipinski definition) is 3. The van der Waals surface area contributed by atoms with E-state index in [0.29, 0.717) is 5.75 Å². The Morgan fingerprint density at radius 3 is 2.39 bits per heavy atom. The Bertz CT molecular complexity index is 527. The summed E-state index contributed by atoms with van der Waals surface area (Å²) in [6, 6.07) is 6.18. The van der Waals surface area contributed by atoms with E-state index in [1.54, 1.807) is 11.3 Å². The molecule has 96 valence electrons. The van der Waals surface area contributed by atoms with Gasteiger partial charge in [0.15, 0.2) is 0 Å². The van der Waals surface area contributed by atoms with Crippen LogP contribution in [0.3, 0.4) is 0 Å². The van der Waals surface area contributed by atoms with E-state index in [-0.39, 0.29) is 0 Å². The van der Waals surface area contributed by atoms with Crippen molar-refractivity contribution in [3.8, 4) is 5.75 Å². The lowest BCUT2D eigenvalue weighted by atomic mass is 10.1. The van der Waals surface area contributed by atoms with E-state index in [2.05, 4.69) is 32.7 Å². The quantitative estimate of drug-likeness (QED) is 0.886. The van der Waals surface area contributed by atoms with Gasteiger partial charge < -0.3 is 10.4 Å². The van der Waals surface area contributed by atoms with Gasteiger partial charge in [-0.2, -0.15) is 0 Å². The van der Waals surface area contributed by atoms with Gasteiger partial charge in [0.25, 0.3) is 0 Å². The van der Waals surface area contributed by atoms with Gasteiger partial charge in [-0.15, -0.1) is 11.3 Å². The minimum Gasteiger partial charge on any atom is -0.507 e. The van der Waals surface area contributed by atoms with Crippen molar-refractivity contribution >= 4 is 27.3 Å². The maximum absolute atomic E-state index is 9.71. The van der Waals surface area contributed by atoms with Crippen LogP contribution in [0.15, 0.2) is 28.1 Å². The lowest BCUT2D eigenvalue weighted by molar-refractivity contribution is 0.466. The van der Waals surface area contributed by atoms with Gasteiger partial charge in [0.05, 0.1) is 0 Å². The standard InChI is InChI=1S/C14H16BrNOS/c1-9-3-11(4-10(2)14(9)17)6-16-7-13-5-12(15)8-18-13/h3-5,8,16-17H,6-7H2,1-2H3. The minimum atomic E-state index is 0.404. The van der Waals surface area contributed by atoms with Crippen molar-refractivity contribution in [2.75, 3.05) is 0 Å². The highest BCUT2D eigenvalue weighted by Crippen LogP contribution is 2.23. The minimum absolute atomic E-state index is 0.404. The van der Waals surface area contributed by atoms with E-state index in [4.69, 9.17) is 0 Å². The Labute approximate surface area is 120 Å². The summed E-state index contributed by atoms with van der Waals surface area (Å²) in [6.07, 6.45) is 0. The molecule has 0 aliphatic rings. The van der Waals surface area contributed by atoms with Gasteiger partial charge in [-0.25, -0.2) is 0 Å². The fraction of sp³-hybridized carbons (Fsp3) is 0.286. The molecule has 0 unspecified atom stereocenters. The van der Waals surface area contributed by atoms with E-state index in [1.807, 2.05) is 26.0 Å². The number of hydrogen-bond donors (Lipinski definition) is 2. The van der Waals surface area contributed by atoms with Crippen molar-refractivity contribution in [3.05, 3.63) is 49.6 Å². The van der Waals surface area contributed by atoms with E-state index >= 15 is 0 Å². The summed E-state index contributed by atoms with van der Waals surface area (Å²) in [5, 5.41) is 15.2. The van der Waals surface area contributed by atoms with Crippen LogP contribution in [0.2, 0.25) is 0 Å². The van der Waals surface area contributed by atoms with Gasteiger partial charge in [0.2, 0.25) is 0 Å². The molecule has 1 heterocycles. The van der Waals surface area contributed by atoms with Crippen LogP contribution in [-0.4, -0.2) is 5.11 Å². The van der Waals surface area contributed by atoms with Crippen LogP contribution in [0.4, 0.5) is 0 Å². The third kappa shape index (κ3) is 3.34. The summed E-state index contributed by atoms with van der Waals surface area (Å²) >= 11 is 5.19. The van der Waals surface area contributed by atoms with E-state index in [9.17, 15) is 5.11 Å². The Morgan fingerprint density at radius 2 is 1.83 bits per heavy atom. The topological polar surface area (TPSA) is 32.3 Å². The number of aryl methyl sites for hydroxylation is 2. The second kappa shape index (κ2) is 5.87. The first-order valence-electron chi connectivity index (χ1n) is 5.79. The summed E-state index contributed by atoms with van der Waals surface area (Å²) in [5.74, 6) is 0.404. The number of nitrogens with one attached hydrogen (secondary N) is 1. The molecule has 0 bridgehead atoms. The summed E-state index contributed by atoms with van der Waals surface area (Å²) in [4.78, 5) is 1.31. The highest BCUT2D eigenvalue weighted by Gasteiger charge is 2.03. The van der Waals surface area contributed by atoms with Gasteiger partial charge in [0.1, 0.15) is 5.75 Å². The summed E-state index contributed by atoms with van der Waals surface area (Å²) in [7, 11) is 0. The number of phenols is 1. The number of thiophene rings is 1. The SMILES string of the molecule is Cc1cc(CNCc2cc(Br)cs2)cc(C)c1O. The van der Waals surface area contributed by atoms with Crippen LogP contribution in [0.5, 0.6) is 5.75 Å². The molecule has 4 heteroatoms. The molecule has 0 spiro atoms. The number of phenolic OH excluding ortho intramolecular Hbond substituents is 1. The largest absolute Gasteiger partial charge is 0.507 e. The van der Waals surface area contributed by atoms with Gasteiger partial charge in [-0.05, 0) is 52.5 Å². The van der Waals surface area contributed by atoms with Crippen molar-refractivity contribution in [1.29, 1.82) is 0 Å². The van der Waals surface area contributed by atoms with E-state index in [1.165, 1.54) is 10.4 Å². The van der Waals surface area contributed by atoms with Crippen molar-refractivity contribution in [1.82, 2.24) is 5.32 Å². The first kappa shape index (κ1) is 13.6. The number of aromatic hydroxyl groups is 1. The van der Waals surface area contributed by atoms with Crippen LogP contribution in [-0.2, 0) is 13.1 Å². The molecule has 0 aliphatic heterocycles. The van der Waals surface area contributed by atoms with Gasteiger partial charge in [-0.1, -0.05) is 12.1 Å². The van der Waals surface area contributed by atoms with Crippen molar-refractivity contribution in [2.45, 2.75) is 26.9 Å². The Balaban J connectivity index is 1.94. The zero-order valence-electron chi connectivity index (χ0n) is 10.5. The maximum atomic E-state index is 9.71. The fourth-order valence-electron chi connectivity index (χ4n) is 1.92. The van der Waals surface area contributed by atoms with Crippen LogP contribution in [0, 0.1) is 13.8 Å². The maximum Gasteiger partial charge on any atom is 0.121 e. The van der Waals surface area contributed by atoms with Crippen molar-refractivity contribution in [3.63, 3.8) is 0 Å². The molecular formula is C14H16BrNOS. The Hall–Kier alpha value is -0.840. The summed E-state index contributed by atoms with van der Waals surface area (Å²) in [5.41, 5.74) is 3.08. The van der Waals surface area contributed by atoms with E-state index in [0.717, 1.165) is 28.7 Å². The first-order chi connectivity index (χ1) is 8.56. The average molecular weight is 326 g/mol. The van der Waals surface area contributed by atoms with Crippen LogP contribution in [0.1, 0.15) is 21.6 Å². The Kier molecular flexibility index (Phi) is 4.43.